The third-order valence-corrected chi connectivity index (χ3v) is 4.62. The van der Waals surface area contributed by atoms with Crippen molar-refractivity contribution in [3.05, 3.63) is 34.3 Å². The maximum Gasteiger partial charge on any atom is 0.0879 e. The summed E-state index contributed by atoms with van der Waals surface area (Å²) < 4.78 is 12.6. The van der Waals surface area contributed by atoms with Crippen LogP contribution in [0.4, 0.5) is 0 Å². The summed E-state index contributed by atoms with van der Waals surface area (Å²) in [5.41, 5.74) is 7.47. The first-order valence-electron chi connectivity index (χ1n) is 6.88. The highest BCUT2D eigenvalue weighted by Crippen LogP contribution is 2.31. The molecule has 0 radical (unpaired) electrons. The van der Waals surface area contributed by atoms with E-state index in [4.69, 9.17) is 15.2 Å². The summed E-state index contributed by atoms with van der Waals surface area (Å²) in [6.07, 6.45) is 2.58. The Morgan fingerprint density at radius 1 is 1.37 bits per heavy atom. The van der Waals surface area contributed by atoms with Gasteiger partial charge in [0.05, 0.1) is 5.60 Å². The molecule has 0 amide bonds. The lowest BCUT2D eigenvalue weighted by Crippen LogP contribution is -2.54. The molecule has 106 valence electrons. The van der Waals surface area contributed by atoms with Gasteiger partial charge in [0.15, 0.2) is 0 Å². The number of benzene rings is 1. The Kier molecular flexibility index (Phi) is 5.39. The molecule has 2 N–H and O–H groups in total. The van der Waals surface area contributed by atoms with Gasteiger partial charge >= 0.3 is 0 Å². The smallest absolute Gasteiger partial charge is 0.0879 e. The Morgan fingerprint density at radius 3 is 2.68 bits per heavy atom. The molecular weight excluding hydrogens is 306 g/mol. The van der Waals surface area contributed by atoms with E-state index in [0.717, 1.165) is 36.9 Å². The number of hydrogen-bond acceptors (Lipinski definition) is 3. The minimum Gasteiger partial charge on any atom is -0.381 e. The summed E-state index contributed by atoms with van der Waals surface area (Å²) in [7, 11) is 0. The van der Waals surface area contributed by atoms with Crippen LogP contribution in [0.5, 0.6) is 0 Å². The Bertz CT molecular complexity index is 399. The minimum atomic E-state index is -0.234. The van der Waals surface area contributed by atoms with E-state index < -0.39 is 0 Å². The van der Waals surface area contributed by atoms with E-state index >= 15 is 0 Å². The van der Waals surface area contributed by atoms with Crippen molar-refractivity contribution >= 4 is 15.9 Å². The Hall–Kier alpha value is -0.420. The lowest BCUT2D eigenvalue weighted by Gasteiger charge is -2.41. The molecule has 0 aromatic heterocycles. The number of ether oxygens (including phenoxy) is 2. The zero-order valence-electron chi connectivity index (χ0n) is 11.4. The molecule has 0 aliphatic carbocycles. The molecule has 3 nitrogen and oxygen atoms in total. The van der Waals surface area contributed by atoms with Crippen LogP contribution in [0.2, 0.25) is 0 Å². The summed E-state index contributed by atoms with van der Waals surface area (Å²) in [5.74, 6) is 0. The van der Waals surface area contributed by atoms with Crippen molar-refractivity contribution in [2.24, 2.45) is 5.73 Å². The largest absolute Gasteiger partial charge is 0.381 e. The van der Waals surface area contributed by atoms with Crippen LogP contribution in [-0.2, 0) is 15.9 Å². The van der Waals surface area contributed by atoms with Crippen LogP contribution >= 0.6 is 15.9 Å². The van der Waals surface area contributed by atoms with Crippen LogP contribution in [0.3, 0.4) is 0 Å². The molecule has 1 aromatic rings. The van der Waals surface area contributed by atoms with Crippen LogP contribution in [0.25, 0.3) is 0 Å². The molecule has 1 atom stereocenters. The third-order valence-electron chi connectivity index (χ3n) is 3.84. The van der Waals surface area contributed by atoms with Crippen molar-refractivity contribution in [2.75, 3.05) is 19.8 Å². The predicted octanol–water partition coefficient (Wildman–Crippen LogP) is 2.90. The summed E-state index contributed by atoms with van der Waals surface area (Å²) in [6.45, 7) is 4.21. The molecule has 1 aliphatic rings. The quantitative estimate of drug-likeness (QED) is 0.904. The van der Waals surface area contributed by atoms with Crippen LogP contribution in [0.15, 0.2) is 28.7 Å². The number of nitrogens with two attached hydrogens (primary N) is 1. The zero-order chi connectivity index (χ0) is 13.7. The molecule has 1 unspecified atom stereocenters. The first-order valence-corrected chi connectivity index (χ1v) is 7.68. The highest BCUT2D eigenvalue weighted by atomic mass is 79.9. The predicted molar refractivity (Wildman–Crippen MR) is 80.2 cm³/mol. The Balaban J connectivity index is 2.11. The topological polar surface area (TPSA) is 44.5 Å². The van der Waals surface area contributed by atoms with Gasteiger partial charge in [0.25, 0.3) is 0 Å². The van der Waals surface area contributed by atoms with Gasteiger partial charge in [0.1, 0.15) is 0 Å². The second-order valence-corrected chi connectivity index (χ2v) is 5.87. The van der Waals surface area contributed by atoms with Crippen molar-refractivity contribution in [3.63, 3.8) is 0 Å². The van der Waals surface area contributed by atoms with Crippen molar-refractivity contribution in [1.29, 1.82) is 0 Å². The molecule has 2 rings (SSSR count). The molecule has 1 aliphatic heterocycles. The summed E-state index contributed by atoms with van der Waals surface area (Å²) in [5, 5.41) is 0. The number of rotatable bonds is 5. The lowest BCUT2D eigenvalue weighted by molar-refractivity contribution is -0.120. The van der Waals surface area contributed by atoms with Crippen molar-refractivity contribution in [3.8, 4) is 0 Å². The Morgan fingerprint density at radius 2 is 2.05 bits per heavy atom. The molecule has 1 aromatic carbocycles. The molecule has 1 heterocycles. The first-order chi connectivity index (χ1) is 9.18. The average Bonchev–Trinajstić information content (AvgIpc) is 2.42. The maximum absolute atomic E-state index is 6.47. The maximum atomic E-state index is 6.47. The lowest BCUT2D eigenvalue weighted by atomic mass is 9.83. The van der Waals surface area contributed by atoms with Gasteiger partial charge in [0.2, 0.25) is 0 Å². The van der Waals surface area contributed by atoms with Crippen LogP contribution in [0.1, 0.15) is 25.3 Å². The molecule has 0 spiro atoms. The van der Waals surface area contributed by atoms with Gasteiger partial charge < -0.3 is 15.2 Å². The minimum absolute atomic E-state index is 0.00458. The van der Waals surface area contributed by atoms with Crippen LogP contribution < -0.4 is 5.73 Å². The van der Waals surface area contributed by atoms with Gasteiger partial charge in [-0.1, -0.05) is 34.1 Å². The van der Waals surface area contributed by atoms with Crippen molar-refractivity contribution < 1.29 is 9.47 Å². The first kappa shape index (κ1) is 15.0. The highest BCUT2D eigenvalue weighted by molar-refractivity contribution is 9.10. The van der Waals surface area contributed by atoms with Gasteiger partial charge in [-0.25, -0.2) is 0 Å². The van der Waals surface area contributed by atoms with E-state index in [1.165, 1.54) is 5.56 Å². The fourth-order valence-corrected chi connectivity index (χ4v) is 3.16. The fraction of sp³-hybridized carbons (Fsp3) is 0.600. The standard InChI is InChI=1S/C15H22BrNO2/c1-2-19-15(7-9-18-10-8-15)14(17)11-12-5-3-4-6-13(12)16/h3-6,14H,2,7-11,17H2,1H3. The molecule has 4 heteroatoms. The highest BCUT2D eigenvalue weighted by Gasteiger charge is 2.39. The molecule has 1 fully saturated rings. The van der Waals surface area contributed by atoms with Crippen molar-refractivity contribution in [1.82, 2.24) is 0 Å². The Labute approximate surface area is 123 Å². The zero-order valence-corrected chi connectivity index (χ0v) is 13.0. The summed E-state index contributed by atoms with van der Waals surface area (Å²) >= 11 is 3.58. The van der Waals surface area contributed by atoms with Crippen LogP contribution in [-0.4, -0.2) is 31.5 Å². The van der Waals surface area contributed by atoms with E-state index in [0.29, 0.717) is 6.61 Å². The molecule has 1 saturated heterocycles. The molecule has 0 saturated carbocycles. The normalized spacial score (nSPS) is 20.2. The number of halogens is 1. The van der Waals surface area contributed by atoms with Crippen molar-refractivity contribution in [2.45, 2.75) is 37.8 Å². The van der Waals surface area contributed by atoms with E-state index in [9.17, 15) is 0 Å². The van der Waals surface area contributed by atoms with Crippen LogP contribution in [0, 0.1) is 0 Å². The second kappa shape index (κ2) is 6.84. The van der Waals surface area contributed by atoms with E-state index in [2.05, 4.69) is 28.1 Å². The number of hydrogen-bond donors (Lipinski definition) is 1. The molecule has 19 heavy (non-hydrogen) atoms. The van der Waals surface area contributed by atoms with E-state index in [1.54, 1.807) is 0 Å². The molecular formula is C15H22BrNO2. The molecule has 0 bridgehead atoms. The monoisotopic (exact) mass is 327 g/mol. The van der Waals surface area contributed by atoms with Gasteiger partial charge in [-0.3, -0.25) is 0 Å². The van der Waals surface area contributed by atoms with Gasteiger partial charge in [-0.15, -0.1) is 0 Å². The van der Waals surface area contributed by atoms with E-state index in [1.807, 2.05) is 19.1 Å². The van der Waals surface area contributed by atoms with E-state index in [-0.39, 0.29) is 11.6 Å². The summed E-state index contributed by atoms with van der Waals surface area (Å²) in [6, 6.07) is 8.23. The fourth-order valence-electron chi connectivity index (χ4n) is 2.71. The van der Waals surface area contributed by atoms with Gasteiger partial charge in [-0.05, 0) is 25.0 Å². The third kappa shape index (κ3) is 3.57. The average molecular weight is 328 g/mol. The van der Waals surface area contributed by atoms with Gasteiger partial charge in [-0.2, -0.15) is 0 Å². The second-order valence-electron chi connectivity index (χ2n) is 5.01. The SMILES string of the molecule is CCOC1(C(N)Cc2ccccc2Br)CCOCC1. The summed E-state index contributed by atoms with van der Waals surface area (Å²) in [4.78, 5) is 0. The van der Waals surface area contributed by atoms with Gasteiger partial charge in [0, 0.05) is 43.2 Å².